The summed E-state index contributed by atoms with van der Waals surface area (Å²) in [5, 5.41) is 8.70. The molecule has 4 heteroatoms. The van der Waals surface area contributed by atoms with Crippen molar-refractivity contribution in [2.75, 3.05) is 26.7 Å². The van der Waals surface area contributed by atoms with Gasteiger partial charge < -0.3 is 14.6 Å². The molecule has 1 heterocycles. The highest BCUT2D eigenvalue weighted by atomic mass is 16.3. The Morgan fingerprint density at radius 1 is 1.53 bits per heavy atom. The standard InChI is InChI=1S/C11H18N2O2/c1-12(8-9-14)7-5-11(15)10-4-3-6-13(10)2/h3-4,6,14H,5,7-9H2,1-2H3. The number of aliphatic hydroxyl groups excluding tert-OH is 1. The lowest BCUT2D eigenvalue weighted by Gasteiger charge is -2.14. The normalized spacial score (nSPS) is 10.9. The Hall–Kier alpha value is -1.13. The lowest BCUT2D eigenvalue weighted by Crippen LogP contribution is -2.25. The van der Waals surface area contributed by atoms with Gasteiger partial charge in [-0.05, 0) is 19.2 Å². The summed E-state index contributed by atoms with van der Waals surface area (Å²) in [6, 6.07) is 3.69. The number of ketones is 1. The summed E-state index contributed by atoms with van der Waals surface area (Å²) in [5.74, 6) is 0.146. The van der Waals surface area contributed by atoms with Crippen LogP contribution in [0.2, 0.25) is 0 Å². The second-order valence-corrected chi connectivity index (χ2v) is 3.70. The number of carbonyl (C=O) groups is 1. The maximum atomic E-state index is 11.7. The van der Waals surface area contributed by atoms with E-state index in [1.165, 1.54) is 0 Å². The van der Waals surface area contributed by atoms with Crippen LogP contribution in [0.1, 0.15) is 16.9 Å². The molecule has 0 unspecified atom stereocenters. The molecule has 0 aliphatic heterocycles. The number of hydrogen-bond acceptors (Lipinski definition) is 3. The molecule has 84 valence electrons. The Morgan fingerprint density at radius 3 is 2.80 bits per heavy atom. The minimum absolute atomic E-state index is 0.134. The molecule has 0 aromatic carbocycles. The smallest absolute Gasteiger partial charge is 0.180 e. The molecule has 0 saturated heterocycles. The number of aliphatic hydroxyl groups is 1. The van der Waals surface area contributed by atoms with Crippen molar-refractivity contribution in [3.63, 3.8) is 0 Å². The van der Waals surface area contributed by atoms with Crippen molar-refractivity contribution in [3.05, 3.63) is 24.0 Å². The Morgan fingerprint density at radius 2 is 2.27 bits per heavy atom. The molecule has 0 radical (unpaired) electrons. The van der Waals surface area contributed by atoms with E-state index in [1.807, 2.05) is 41.9 Å². The second kappa shape index (κ2) is 5.68. The first-order valence-electron chi connectivity index (χ1n) is 5.09. The maximum absolute atomic E-state index is 11.7. The van der Waals surface area contributed by atoms with Crippen molar-refractivity contribution in [2.45, 2.75) is 6.42 Å². The van der Waals surface area contributed by atoms with Crippen LogP contribution >= 0.6 is 0 Å². The summed E-state index contributed by atoms with van der Waals surface area (Å²) in [4.78, 5) is 13.7. The van der Waals surface area contributed by atoms with Crippen LogP contribution < -0.4 is 0 Å². The molecule has 0 fully saturated rings. The van der Waals surface area contributed by atoms with Gasteiger partial charge in [0.15, 0.2) is 5.78 Å². The van der Waals surface area contributed by atoms with Crippen LogP contribution in [0, 0.1) is 0 Å². The number of aryl methyl sites for hydroxylation is 1. The molecule has 1 aromatic rings. The first-order valence-corrected chi connectivity index (χ1v) is 5.09. The van der Waals surface area contributed by atoms with E-state index in [2.05, 4.69) is 0 Å². The van der Waals surface area contributed by atoms with E-state index in [1.54, 1.807) is 0 Å². The quantitative estimate of drug-likeness (QED) is 0.696. The van der Waals surface area contributed by atoms with Crippen LogP contribution in [0.15, 0.2) is 18.3 Å². The van der Waals surface area contributed by atoms with E-state index in [0.29, 0.717) is 19.5 Å². The molecule has 1 rings (SSSR count). The number of nitrogens with zero attached hydrogens (tertiary/aromatic N) is 2. The van der Waals surface area contributed by atoms with E-state index in [9.17, 15) is 4.79 Å². The summed E-state index contributed by atoms with van der Waals surface area (Å²) in [7, 11) is 3.76. The van der Waals surface area contributed by atoms with Crippen molar-refractivity contribution in [1.29, 1.82) is 0 Å². The van der Waals surface area contributed by atoms with Crippen molar-refractivity contribution in [1.82, 2.24) is 9.47 Å². The fraction of sp³-hybridized carbons (Fsp3) is 0.545. The minimum atomic E-state index is 0.134. The van der Waals surface area contributed by atoms with Gasteiger partial charge in [-0.3, -0.25) is 4.79 Å². The van der Waals surface area contributed by atoms with Crippen molar-refractivity contribution in [2.24, 2.45) is 7.05 Å². The molecule has 0 atom stereocenters. The summed E-state index contributed by atoms with van der Waals surface area (Å²) >= 11 is 0. The fourth-order valence-electron chi connectivity index (χ4n) is 1.45. The lowest BCUT2D eigenvalue weighted by molar-refractivity contribution is 0.0957. The lowest BCUT2D eigenvalue weighted by atomic mass is 10.2. The molecule has 0 amide bonds. The van der Waals surface area contributed by atoms with Crippen LogP contribution in [-0.4, -0.2) is 47.1 Å². The predicted molar refractivity (Wildman–Crippen MR) is 58.9 cm³/mol. The summed E-state index contributed by atoms with van der Waals surface area (Å²) in [6.07, 6.45) is 2.36. The molecule has 0 bridgehead atoms. The van der Waals surface area contributed by atoms with Gasteiger partial charge in [-0.15, -0.1) is 0 Å². The Balaban J connectivity index is 2.40. The first kappa shape index (κ1) is 11.9. The molecular formula is C11H18N2O2. The van der Waals surface area contributed by atoms with Crippen LogP contribution in [0.25, 0.3) is 0 Å². The number of likely N-dealkylation sites (N-methyl/N-ethyl adjacent to an activating group) is 1. The highest BCUT2D eigenvalue weighted by Gasteiger charge is 2.09. The van der Waals surface area contributed by atoms with Crippen LogP contribution in [0.3, 0.4) is 0 Å². The first-order chi connectivity index (χ1) is 7.15. The summed E-state index contributed by atoms with van der Waals surface area (Å²) < 4.78 is 1.83. The van der Waals surface area contributed by atoms with Gasteiger partial charge in [-0.25, -0.2) is 0 Å². The SMILES string of the molecule is CN(CCO)CCC(=O)c1cccn1C. The average molecular weight is 210 g/mol. The van der Waals surface area contributed by atoms with E-state index >= 15 is 0 Å². The van der Waals surface area contributed by atoms with Gasteiger partial charge in [0.05, 0.1) is 12.3 Å². The number of carbonyl (C=O) groups excluding carboxylic acids is 1. The number of hydrogen-bond donors (Lipinski definition) is 1. The largest absolute Gasteiger partial charge is 0.395 e. The summed E-state index contributed by atoms with van der Waals surface area (Å²) in [5.41, 5.74) is 0.743. The molecule has 0 aliphatic rings. The molecule has 15 heavy (non-hydrogen) atoms. The van der Waals surface area contributed by atoms with E-state index < -0.39 is 0 Å². The van der Waals surface area contributed by atoms with Gasteiger partial charge >= 0.3 is 0 Å². The second-order valence-electron chi connectivity index (χ2n) is 3.70. The third-order valence-electron chi connectivity index (χ3n) is 2.43. The van der Waals surface area contributed by atoms with E-state index in [-0.39, 0.29) is 12.4 Å². The van der Waals surface area contributed by atoms with Crippen LogP contribution in [0.4, 0.5) is 0 Å². The van der Waals surface area contributed by atoms with E-state index in [4.69, 9.17) is 5.11 Å². The van der Waals surface area contributed by atoms with Gasteiger partial charge in [0.1, 0.15) is 0 Å². The monoisotopic (exact) mass is 210 g/mol. The number of aromatic nitrogens is 1. The van der Waals surface area contributed by atoms with Crippen LogP contribution in [-0.2, 0) is 7.05 Å². The third kappa shape index (κ3) is 3.49. The van der Waals surface area contributed by atoms with Crippen molar-refractivity contribution < 1.29 is 9.90 Å². The highest BCUT2D eigenvalue weighted by Crippen LogP contribution is 2.04. The summed E-state index contributed by atoms with van der Waals surface area (Å²) in [6.45, 7) is 1.43. The zero-order valence-corrected chi connectivity index (χ0v) is 9.31. The molecule has 0 aliphatic carbocycles. The predicted octanol–water partition coefficient (Wildman–Crippen LogP) is 0.522. The van der Waals surface area contributed by atoms with Gasteiger partial charge in [0.25, 0.3) is 0 Å². The van der Waals surface area contributed by atoms with Crippen molar-refractivity contribution in [3.8, 4) is 0 Å². The molecule has 0 saturated carbocycles. The molecule has 4 nitrogen and oxygen atoms in total. The van der Waals surface area contributed by atoms with Gasteiger partial charge in [-0.2, -0.15) is 0 Å². The highest BCUT2D eigenvalue weighted by molar-refractivity contribution is 5.94. The number of rotatable bonds is 6. The van der Waals surface area contributed by atoms with Crippen LogP contribution in [0.5, 0.6) is 0 Å². The Kier molecular flexibility index (Phi) is 4.52. The molecule has 0 spiro atoms. The third-order valence-corrected chi connectivity index (χ3v) is 2.43. The van der Waals surface area contributed by atoms with Gasteiger partial charge in [0.2, 0.25) is 0 Å². The van der Waals surface area contributed by atoms with Gasteiger partial charge in [-0.1, -0.05) is 0 Å². The van der Waals surface area contributed by atoms with Gasteiger partial charge in [0, 0.05) is 32.8 Å². The Labute approximate surface area is 90.1 Å². The molecule has 1 aromatic heterocycles. The number of Topliss-reactive ketones (excluding diaryl/α,β-unsaturated/α-hetero) is 1. The zero-order valence-electron chi connectivity index (χ0n) is 9.31. The Bertz CT molecular complexity index is 320. The minimum Gasteiger partial charge on any atom is -0.395 e. The maximum Gasteiger partial charge on any atom is 0.180 e. The topological polar surface area (TPSA) is 45.5 Å². The average Bonchev–Trinajstić information content (AvgIpc) is 2.61. The zero-order chi connectivity index (χ0) is 11.3. The molecule has 1 N–H and O–H groups in total. The molecular weight excluding hydrogens is 192 g/mol. The fourth-order valence-corrected chi connectivity index (χ4v) is 1.45. The van der Waals surface area contributed by atoms with E-state index in [0.717, 1.165) is 5.69 Å². The van der Waals surface area contributed by atoms with Crippen molar-refractivity contribution >= 4 is 5.78 Å².